The predicted octanol–water partition coefficient (Wildman–Crippen LogP) is 1.84. The number of ether oxygens (including phenoxy) is 1. The first-order valence-electron chi connectivity index (χ1n) is 8.42. The summed E-state index contributed by atoms with van der Waals surface area (Å²) in [5.41, 5.74) is 0.421. The van der Waals surface area contributed by atoms with E-state index >= 15 is 0 Å². The van der Waals surface area contributed by atoms with Gasteiger partial charge in [-0.25, -0.2) is 4.98 Å². The van der Waals surface area contributed by atoms with Crippen LogP contribution in [0.5, 0.6) is 0 Å². The van der Waals surface area contributed by atoms with Crippen molar-refractivity contribution in [1.82, 2.24) is 4.98 Å². The number of nitrogens with one attached hydrogen (secondary N) is 1. The molecule has 2 aliphatic rings. The lowest BCUT2D eigenvalue weighted by Crippen LogP contribution is -2.41. The highest BCUT2D eigenvalue weighted by molar-refractivity contribution is 6.62. The monoisotopic (exact) mass is 329 g/mol. The fourth-order valence-electron chi connectivity index (χ4n) is 2.84. The van der Waals surface area contributed by atoms with Crippen molar-refractivity contribution >= 4 is 18.4 Å². The molecule has 128 valence electrons. The summed E-state index contributed by atoms with van der Waals surface area (Å²) in [5, 5.41) is 12.8. The van der Waals surface area contributed by atoms with E-state index in [1.165, 1.54) is 0 Å². The number of hydrogen-bond acceptors (Lipinski definition) is 6. The Hall–Kier alpha value is -1.62. The molecule has 6 nitrogen and oxygen atoms in total. The highest BCUT2D eigenvalue weighted by Crippen LogP contribution is 2.36. The summed E-state index contributed by atoms with van der Waals surface area (Å²) in [5.74, 6) is 0.591. The molecule has 0 radical (unpaired) electrons. The number of nitrogens with zero attached hydrogens (tertiary/aromatic N) is 2. The predicted molar refractivity (Wildman–Crippen MR) is 92.1 cm³/mol. The molecule has 1 atom stereocenters. The normalized spacial score (nSPS) is 25.3. The minimum absolute atomic E-state index is 0.195. The average Bonchev–Trinajstić information content (AvgIpc) is 2.77. The summed E-state index contributed by atoms with van der Waals surface area (Å²) < 4.78 is 17.5. The molecule has 2 fully saturated rings. The van der Waals surface area contributed by atoms with Gasteiger partial charge in [-0.05, 0) is 46.6 Å². The number of pyridine rings is 1. The summed E-state index contributed by atoms with van der Waals surface area (Å²) in [7, 11) is -0.512. The van der Waals surface area contributed by atoms with Gasteiger partial charge in [-0.3, -0.25) is 0 Å². The summed E-state index contributed by atoms with van der Waals surface area (Å²) in [6, 6.07) is 4.20. The number of anilines is 1. The maximum absolute atomic E-state index is 9.48. The van der Waals surface area contributed by atoms with Gasteiger partial charge in [0, 0.05) is 18.3 Å². The van der Waals surface area contributed by atoms with Crippen LogP contribution in [0.1, 0.15) is 46.1 Å². The van der Waals surface area contributed by atoms with Crippen LogP contribution in [0, 0.1) is 11.3 Å². The molecular weight excluding hydrogens is 305 g/mol. The van der Waals surface area contributed by atoms with E-state index in [9.17, 15) is 5.26 Å². The van der Waals surface area contributed by atoms with Gasteiger partial charge in [-0.2, -0.15) is 5.26 Å². The molecule has 0 aromatic carbocycles. The van der Waals surface area contributed by atoms with Crippen molar-refractivity contribution in [2.45, 2.75) is 57.8 Å². The van der Waals surface area contributed by atoms with Crippen LogP contribution in [0.3, 0.4) is 0 Å². The van der Waals surface area contributed by atoms with E-state index in [0.717, 1.165) is 24.9 Å². The Bertz CT molecular complexity index is 635. The summed E-state index contributed by atoms with van der Waals surface area (Å²) in [6.07, 6.45) is 3.76. The summed E-state index contributed by atoms with van der Waals surface area (Å²) >= 11 is 0. The zero-order chi connectivity index (χ0) is 17.4. The van der Waals surface area contributed by atoms with E-state index in [2.05, 4.69) is 16.4 Å². The molecule has 2 aliphatic heterocycles. The van der Waals surface area contributed by atoms with Crippen LogP contribution >= 0.6 is 0 Å². The van der Waals surface area contributed by atoms with Crippen molar-refractivity contribution in [3.05, 3.63) is 17.8 Å². The molecule has 0 bridgehead atoms. The lowest BCUT2D eigenvalue weighted by molar-refractivity contribution is 0.00578. The average molecular weight is 329 g/mol. The molecule has 2 saturated heterocycles. The Balaban J connectivity index is 1.78. The minimum Gasteiger partial charge on any atom is -0.399 e. The van der Waals surface area contributed by atoms with Gasteiger partial charge in [-0.15, -0.1) is 0 Å². The molecule has 7 heteroatoms. The molecule has 0 unspecified atom stereocenters. The van der Waals surface area contributed by atoms with E-state index in [0.29, 0.717) is 18.0 Å². The quantitative estimate of drug-likeness (QED) is 0.853. The molecule has 1 aromatic rings. The van der Waals surface area contributed by atoms with Gasteiger partial charge in [0.1, 0.15) is 11.9 Å². The van der Waals surface area contributed by atoms with E-state index in [1.807, 2.05) is 27.7 Å². The number of rotatable bonds is 3. The van der Waals surface area contributed by atoms with E-state index < -0.39 is 18.3 Å². The van der Waals surface area contributed by atoms with Crippen LogP contribution in [0.4, 0.5) is 5.82 Å². The lowest BCUT2D eigenvalue weighted by Gasteiger charge is -2.32. The molecule has 24 heavy (non-hydrogen) atoms. The van der Waals surface area contributed by atoms with Gasteiger partial charge in [0.2, 0.25) is 0 Å². The Labute approximate surface area is 143 Å². The summed E-state index contributed by atoms with van der Waals surface area (Å²) in [6.45, 7) is 9.47. The highest BCUT2D eigenvalue weighted by Gasteiger charge is 2.51. The topological polar surface area (TPSA) is 76.4 Å². The van der Waals surface area contributed by atoms with Gasteiger partial charge in [-0.1, -0.05) is 0 Å². The summed E-state index contributed by atoms with van der Waals surface area (Å²) in [4.78, 5) is 4.43. The third-order valence-corrected chi connectivity index (χ3v) is 5.06. The first kappa shape index (κ1) is 17.2. The van der Waals surface area contributed by atoms with E-state index in [1.54, 1.807) is 12.3 Å². The van der Waals surface area contributed by atoms with E-state index in [-0.39, 0.29) is 6.04 Å². The van der Waals surface area contributed by atoms with Crippen LogP contribution in [0.25, 0.3) is 0 Å². The van der Waals surface area contributed by atoms with Crippen molar-refractivity contribution in [3.63, 3.8) is 0 Å². The maximum Gasteiger partial charge on any atom is 0.496 e. The van der Waals surface area contributed by atoms with E-state index in [4.69, 9.17) is 14.0 Å². The third kappa shape index (κ3) is 3.27. The van der Waals surface area contributed by atoms with Crippen molar-refractivity contribution in [1.29, 1.82) is 5.26 Å². The highest BCUT2D eigenvalue weighted by atomic mass is 16.7. The number of aromatic nitrogens is 1. The Morgan fingerprint density at radius 2 is 2.00 bits per heavy atom. The van der Waals surface area contributed by atoms with Gasteiger partial charge in [0.05, 0.1) is 29.4 Å². The molecule has 1 N–H and O–H groups in total. The van der Waals surface area contributed by atoms with Crippen LogP contribution in [0.2, 0.25) is 0 Å². The van der Waals surface area contributed by atoms with Crippen LogP contribution < -0.4 is 10.8 Å². The second-order valence-corrected chi connectivity index (χ2v) is 7.42. The fraction of sp³-hybridized carbons (Fsp3) is 0.647. The zero-order valence-electron chi connectivity index (χ0n) is 14.8. The van der Waals surface area contributed by atoms with Gasteiger partial charge >= 0.3 is 7.12 Å². The first-order chi connectivity index (χ1) is 11.3. The molecule has 0 amide bonds. The lowest BCUT2D eigenvalue weighted by atomic mass is 9.79. The molecule has 0 saturated carbocycles. The third-order valence-electron chi connectivity index (χ3n) is 5.06. The SMILES string of the molecule is CC1(C)OB(c2cnc(N[C@H]3CCCOC3)c(C#N)c2)OC1(C)C. The van der Waals surface area contributed by atoms with Crippen molar-refractivity contribution in [2.75, 3.05) is 18.5 Å². The van der Waals surface area contributed by atoms with Crippen molar-refractivity contribution in [2.24, 2.45) is 0 Å². The first-order valence-corrected chi connectivity index (χ1v) is 8.42. The molecular formula is C17H24BN3O3. The Morgan fingerprint density at radius 3 is 2.58 bits per heavy atom. The molecule has 0 spiro atoms. The molecule has 3 rings (SSSR count). The zero-order valence-corrected chi connectivity index (χ0v) is 14.8. The Kier molecular flexibility index (Phi) is 4.56. The smallest absolute Gasteiger partial charge is 0.399 e. The van der Waals surface area contributed by atoms with Crippen LogP contribution in [-0.2, 0) is 14.0 Å². The Morgan fingerprint density at radius 1 is 1.29 bits per heavy atom. The maximum atomic E-state index is 9.48. The fourth-order valence-corrected chi connectivity index (χ4v) is 2.84. The van der Waals surface area contributed by atoms with Gasteiger partial charge < -0.3 is 19.4 Å². The molecule has 0 aliphatic carbocycles. The number of hydrogen-bond donors (Lipinski definition) is 1. The van der Waals surface area contributed by atoms with Gasteiger partial charge in [0.25, 0.3) is 0 Å². The second kappa shape index (κ2) is 6.36. The van der Waals surface area contributed by atoms with Crippen molar-refractivity contribution in [3.8, 4) is 6.07 Å². The van der Waals surface area contributed by atoms with Crippen molar-refractivity contribution < 1.29 is 14.0 Å². The number of nitriles is 1. The standard InChI is InChI=1S/C17H24BN3O3/c1-16(2)17(3,4)24-18(23-16)13-8-12(9-19)15(20-10-13)21-14-6-5-7-22-11-14/h8,10,14H,5-7,11H2,1-4H3,(H,20,21)/t14-/m0/s1. The molecule has 1 aromatic heterocycles. The second-order valence-electron chi connectivity index (χ2n) is 7.42. The van der Waals surface area contributed by atoms with Gasteiger partial charge in [0.15, 0.2) is 0 Å². The largest absolute Gasteiger partial charge is 0.496 e. The van der Waals surface area contributed by atoms with Crippen LogP contribution in [-0.4, -0.2) is 42.6 Å². The minimum atomic E-state index is -0.512. The molecule has 3 heterocycles. The van der Waals surface area contributed by atoms with Crippen LogP contribution in [0.15, 0.2) is 12.3 Å².